The molecule has 1 aliphatic rings. The average molecular weight is 321 g/mol. The zero-order chi connectivity index (χ0) is 16.7. The Morgan fingerprint density at radius 1 is 0.870 bits per heavy atom. The van der Waals surface area contributed by atoms with E-state index in [1.165, 1.54) is 42.5 Å². The normalized spacial score (nSPS) is 18.3. The van der Waals surface area contributed by atoms with Crippen LogP contribution in [-0.2, 0) is 16.6 Å². The van der Waals surface area contributed by atoms with Crippen LogP contribution in [0.5, 0.6) is 0 Å². The fraction of sp³-hybridized carbons (Fsp3) is 0.235. The van der Waals surface area contributed by atoms with Crippen molar-refractivity contribution >= 4 is 6.08 Å². The quantitative estimate of drug-likeness (QED) is 0.459. The van der Waals surface area contributed by atoms with Gasteiger partial charge in [0.25, 0.3) is 0 Å². The molecule has 0 N–H and O–H groups in total. The molecule has 0 atom stereocenters. The molecule has 0 radical (unpaired) electrons. The van der Waals surface area contributed by atoms with Crippen LogP contribution in [0, 0.1) is 0 Å². The minimum atomic E-state index is -4.36. The molecule has 2 nitrogen and oxygen atoms in total. The van der Waals surface area contributed by atoms with Gasteiger partial charge in [0.1, 0.15) is 0 Å². The Labute approximate surface area is 129 Å². The van der Waals surface area contributed by atoms with Gasteiger partial charge < -0.3 is 0 Å². The lowest BCUT2D eigenvalue weighted by molar-refractivity contribution is -0.223. The third kappa shape index (κ3) is 2.18. The predicted molar refractivity (Wildman–Crippen MR) is 75.5 cm³/mol. The average Bonchev–Trinajstić information content (AvgIpc) is 2.60. The van der Waals surface area contributed by atoms with Crippen LogP contribution in [0.2, 0.25) is 0 Å². The molecule has 0 saturated carbocycles. The van der Waals surface area contributed by atoms with E-state index in [0.717, 1.165) is 12.1 Å². The van der Waals surface area contributed by atoms with Gasteiger partial charge in [0.2, 0.25) is 6.08 Å². The highest BCUT2D eigenvalue weighted by Gasteiger charge is 2.62. The van der Waals surface area contributed by atoms with Crippen LogP contribution in [-0.4, -0.2) is 12.6 Å². The lowest BCUT2D eigenvalue weighted by Gasteiger charge is -2.26. The van der Waals surface area contributed by atoms with E-state index in [-0.39, 0.29) is 17.7 Å². The Morgan fingerprint density at radius 3 is 1.74 bits per heavy atom. The molecule has 0 amide bonds. The molecule has 0 spiro atoms. The SMILES string of the molecule is O=C=NCC1c2ccccc2C(F)(F)C(F)(F)c2ccccc21. The number of nitrogens with zero attached hydrogens (tertiary/aromatic N) is 1. The third-order valence-corrected chi connectivity index (χ3v) is 4.08. The van der Waals surface area contributed by atoms with Crippen LogP contribution < -0.4 is 0 Å². The summed E-state index contributed by atoms with van der Waals surface area (Å²) in [6, 6.07) is 10.3. The first-order valence-corrected chi connectivity index (χ1v) is 6.89. The highest BCUT2D eigenvalue weighted by atomic mass is 19.3. The maximum atomic E-state index is 14.6. The van der Waals surface area contributed by atoms with Gasteiger partial charge in [-0.05, 0) is 11.1 Å². The number of isocyanates is 1. The van der Waals surface area contributed by atoms with Crippen LogP contribution in [0.25, 0.3) is 0 Å². The van der Waals surface area contributed by atoms with Crippen molar-refractivity contribution in [2.75, 3.05) is 6.54 Å². The number of carbonyl (C=O) groups excluding carboxylic acids is 1. The van der Waals surface area contributed by atoms with Crippen molar-refractivity contribution in [1.82, 2.24) is 0 Å². The van der Waals surface area contributed by atoms with E-state index >= 15 is 0 Å². The lowest BCUT2D eigenvalue weighted by atomic mass is 9.88. The van der Waals surface area contributed by atoms with Crippen molar-refractivity contribution in [3.05, 3.63) is 70.8 Å². The maximum absolute atomic E-state index is 14.6. The van der Waals surface area contributed by atoms with Crippen LogP contribution >= 0.6 is 0 Å². The van der Waals surface area contributed by atoms with Gasteiger partial charge in [-0.3, -0.25) is 0 Å². The summed E-state index contributed by atoms with van der Waals surface area (Å²) in [6.45, 7) is -0.219. The first-order chi connectivity index (χ1) is 10.9. The first kappa shape index (κ1) is 15.4. The van der Waals surface area contributed by atoms with E-state index in [9.17, 15) is 22.4 Å². The summed E-state index contributed by atoms with van der Waals surface area (Å²) in [5, 5.41) is 0. The second-order valence-corrected chi connectivity index (χ2v) is 5.31. The van der Waals surface area contributed by atoms with E-state index in [4.69, 9.17) is 0 Å². The highest BCUT2D eigenvalue weighted by Crippen LogP contribution is 2.55. The van der Waals surface area contributed by atoms with Gasteiger partial charge in [-0.1, -0.05) is 48.5 Å². The number of alkyl halides is 4. The van der Waals surface area contributed by atoms with Crippen molar-refractivity contribution in [2.24, 2.45) is 4.99 Å². The van der Waals surface area contributed by atoms with E-state index < -0.39 is 28.9 Å². The standard InChI is InChI=1S/C17H11F4NO/c18-16(19)14-7-3-1-5-11(14)13(9-22-10-23)12-6-2-4-8-15(12)17(16,20)21/h1-8,13H,9H2. The highest BCUT2D eigenvalue weighted by molar-refractivity contribution is 5.50. The van der Waals surface area contributed by atoms with Gasteiger partial charge in [-0.15, -0.1) is 0 Å². The van der Waals surface area contributed by atoms with Gasteiger partial charge in [0.15, 0.2) is 0 Å². The maximum Gasteiger partial charge on any atom is 0.340 e. The van der Waals surface area contributed by atoms with Gasteiger partial charge >= 0.3 is 11.8 Å². The fourth-order valence-corrected chi connectivity index (χ4v) is 3.00. The first-order valence-electron chi connectivity index (χ1n) is 6.89. The number of fused-ring (bicyclic) bond motifs is 2. The second-order valence-electron chi connectivity index (χ2n) is 5.31. The van der Waals surface area contributed by atoms with E-state index in [1.54, 1.807) is 0 Å². The summed E-state index contributed by atoms with van der Waals surface area (Å²) >= 11 is 0. The summed E-state index contributed by atoms with van der Waals surface area (Å²) < 4.78 is 58.2. The molecule has 0 bridgehead atoms. The molecule has 0 aliphatic heterocycles. The molecule has 23 heavy (non-hydrogen) atoms. The number of benzene rings is 2. The molecular formula is C17H11F4NO. The number of aliphatic imine (C=N–C) groups is 1. The Hall–Kier alpha value is -2.46. The second kappa shape index (κ2) is 5.32. The topological polar surface area (TPSA) is 29.4 Å². The van der Waals surface area contributed by atoms with Crippen molar-refractivity contribution in [3.8, 4) is 0 Å². The molecule has 118 valence electrons. The lowest BCUT2D eigenvalue weighted by Crippen LogP contribution is -2.35. The summed E-state index contributed by atoms with van der Waals surface area (Å²) in [4.78, 5) is 13.9. The van der Waals surface area contributed by atoms with Gasteiger partial charge in [-0.25, -0.2) is 9.79 Å². The fourth-order valence-electron chi connectivity index (χ4n) is 3.00. The Morgan fingerprint density at radius 2 is 1.30 bits per heavy atom. The zero-order valence-corrected chi connectivity index (χ0v) is 11.8. The van der Waals surface area contributed by atoms with Gasteiger partial charge in [0, 0.05) is 17.0 Å². The molecule has 2 aromatic carbocycles. The molecule has 0 heterocycles. The largest absolute Gasteiger partial charge is 0.340 e. The smallest absolute Gasteiger partial charge is 0.211 e. The zero-order valence-electron chi connectivity index (χ0n) is 11.8. The van der Waals surface area contributed by atoms with Crippen molar-refractivity contribution in [1.29, 1.82) is 0 Å². The number of hydrogen-bond acceptors (Lipinski definition) is 2. The minimum Gasteiger partial charge on any atom is -0.211 e. The van der Waals surface area contributed by atoms with Gasteiger partial charge in [0.05, 0.1) is 6.54 Å². The van der Waals surface area contributed by atoms with E-state index in [2.05, 4.69) is 4.99 Å². The Kier molecular flexibility index (Phi) is 3.57. The summed E-state index contributed by atoms with van der Waals surface area (Å²) in [7, 11) is 0. The predicted octanol–water partition coefficient (Wildman–Crippen LogP) is 4.35. The van der Waals surface area contributed by atoms with E-state index in [0.29, 0.717) is 0 Å². The van der Waals surface area contributed by atoms with Crippen molar-refractivity contribution in [2.45, 2.75) is 17.8 Å². The van der Waals surface area contributed by atoms with Crippen molar-refractivity contribution in [3.63, 3.8) is 0 Å². The molecular weight excluding hydrogens is 310 g/mol. The molecule has 1 aliphatic carbocycles. The third-order valence-electron chi connectivity index (χ3n) is 4.08. The molecule has 0 unspecified atom stereocenters. The van der Waals surface area contributed by atoms with Crippen LogP contribution in [0.15, 0.2) is 53.5 Å². The molecule has 0 fully saturated rings. The molecule has 6 heteroatoms. The Bertz CT molecular complexity index is 739. The summed E-state index contributed by atoms with van der Waals surface area (Å²) in [5.74, 6) is -9.58. The summed E-state index contributed by atoms with van der Waals surface area (Å²) in [5.41, 5.74) is -1.40. The molecule has 3 rings (SSSR count). The minimum absolute atomic E-state index is 0.0427. The number of hydrogen-bond donors (Lipinski definition) is 0. The monoisotopic (exact) mass is 321 g/mol. The molecule has 0 aromatic heterocycles. The van der Waals surface area contributed by atoms with Crippen molar-refractivity contribution < 1.29 is 22.4 Å². The molecule has 0 saturated heterocycles. The Balaban J connectivity index is 2.38. The van der Waals surface area contributed by atoms with Gasteiger partial charge in [-0.2, -0.15) is 17.6 Å². The van der Waals surface area contributed by atoms with E-state index in [1.807, 2.05) is 0 Å². The number of halogens is 4. The van der Waals surface area contributed by atoms with Crippen LogP contribution in [0.1, 0.15) is 28.2 Å². The number of rotatable bonds is 2. The van der Waals surface area contributed by atoms with Crippen LogP contribution in [0.4, 0.5) is 17.6 Å². The van der Waals surface area contributed by atoms with Crippen LogP contribution in [0.3, 0.4) is 0 Å². The molecule has 2 aromatic rings. The summed E-state index contributed by atoms with van der Waals surface area (Å²) in [6.07, 6.45) is 1.34.